The molecule has 8 heterocycles. The third-order valence-corrected chi connectivity index (χ3v) is 12.4. The van der Waals surface area contributed by atoms with E-state index in [9.17, 15) is 9.18 Å². The number of rotatable bonds is 2. The van der Waals surface area contributed by atoms with Crippen LogP contribution in [0.15, 0.2) is 54.7 Å². The largest absolute Gasteiger partial charge is 0.490 e. The Labute approximate surface area is 337 Å². The van der Waals surface area contributed by atoms with Crippen LogP contribution in [0.1, 0.15) is 24.5 Å². The minimum Gasteiger partial charge on any atom is -0.490 e. The number of pyridine rings is 1. The summed E-state index contributed by atoms with van der Waals surface area (Å²) in [5.41, 5.74) is 3.54. The summed E-state index contributed by atoms with van der Waals surface area (Å²) in [5.74, 6) is 1.85. The number of nitrogens with one attached hydrogen (secondary N) is 1. The molecule has 4 aromatic heterocycles. The third-order valence-electron chi connectivity index (χ3n) is 12.4. The number of carbonyl (C=O) groups excluding carboxylic acids is 1. The maximum absolute atomic E-state index is 15.2. The monoisotopic (exact) mass is 803 g/mol. The van der Waals surface area contributed by atoms with Crippen molar-refractivity contribution in [3.8, 4) is 22.7 Å². The van der Waals surface area contributed by atoms with Crippen LogP contribution in [0, 0.1) is 18.6 Å². The fourth-order valence-corrected chi connectivity index (χ4v) is 9.54. The van der Waals surface area contributed by atoms with Crippen molar-refractivity contribution >= 4 is 39.6 Å². The lowest BCUT2D eigenvalue weighted by Crippen LogP contribution is -2.47. The van der Waals surface area contributed by atoms with Crippen molar-refractivity contribution in [2.24, 2.45) is 0 Å². The number of aromatic nitrogens is 7. The molecule has 304 valence electrons. The van der Waals surface area contributed by atoms with Gasteiger partial charge in [-0.15, -0.1) is 0 Å². The van der Waals surface area contributed by atoms with Crippen LogP contribution in [0.25, 0.3) is 39.0 Å². The van der Waals surface area contributed by atoms with Gasteiger partial charge in [0.25, 0.3) is 0 Å². The summed E-state index contributed by atoms with van der Waals surface area (Å²) in [6.45, 7) is 4.68. The SMILES string of the molecule is CO[C@H]1CN(C)C(=O)[C@@H]2C[C@@H](CN2c2nc3nc4c2cnn4-c2ccc(F)cc2OCCN2C[C@@H](C3)OC3CC32)Nc2cccc(n2)-c2cc(F)cc3nc(C)n(c23)C1. The van der Waals surface area contributed by atoms with E-state index >= 15 is 4.39 Å². The molecule has 59 heavy (non-hydrogen) atoms. The zero-order valence-corrected chi connectivity index (χ0v) is 32.9. The van der Waals surface area contributed by atoms with E-state index in [1.807, 2.05) is 34.6 Å². The van der Waals surface area contributed by atoms with Crippen LogP contribution in [0.2, 0.25) is 0 Å². The lowest BCUT2D eigenvalue weighted by Gasteiger charge is -2.32. The van der Waals surface area contributed by atoms with Gasteiger partial charge < -0.3 is 33.9 Å². The van der Waals surface area contributed by atoms with E-state index in [0.717, 1.165) is 11.9 Å². The molecular formula is C42H43F2N11O4. The highest BCUT2D eigenvalue weighted by Gasteiger charge is 2.49. The molecular weight excluding hydrogens is 761 g/mol. The normalized spacial score (nSPS) is 26.5. The van der Waals surface area contributed by atoms with E-state index in [4.69, 9.17) is 39.2 Å². The second kappa shape index (κ2) is 13.9. The van der Waals surface area contributed by atoms with Crippen LogP contribution in [-0.2, 0) is 27.2 Å². The molecule has 6 aromatic rings. The predicted octanol–water partition coefficient (Wildman–Crippen LogP) is 4.14. The quantitative estimate of drug-likeness (QED) is 0.269. The Kier molecular flexibility index (Phi) is 8.56. The number of imidazole rings is 1. The number of anilines is 2. The molecule has 2 saturated heterocycles. The number of halogens is 2. The van der Waals surface area contributed by atoms with Gasteiger partial charge in [-0.1, -0.05) is 6.07 Å². The zero-order valence-electron chi connectivity index (χ0n) is 32.9. The predicted molar refractivity (Wildman–Crippen MR) is 214 cm³/mol. The number of fused-ring (bicyclic) bond motifs is 12. The minimum absolute atomic E-state index is 0.102. The molecule has 5 aliphatic rings. The highest BCUT2D eigenvalue weighted by atomic mass is 19.1. The molecule has 0 radical (unpaired) electrons. The number of morpholine rings is 1. The second-order valence-corrected chi connectivity index (χ2v) is 16.3. The van der Waals surface area contributed by atoms with E-state index in [1.54, 1.807) is 36.0 Å². The Morgan fingerprint density at radius 3 is 2.75 bits per heavy atom. The number of hydrogen-bond donors (Lipinski definition) is 1. The fraction of sp³-hybridized carbons (Fsp3) is 0.429. The Morgan fingerprint density at radius 2 is 1.86 bits per heavy atom. The number of likely N-dealkylation sites (N-methyl/N-ethyl adjacent to an activating group) is 1. The summed E-state index contributed by atoms with van der Waals surface area (Å²) in [6.07, 6.45) is 3.12. The number of ether oxygens (including phenoxy) is 3. The average molecular weight is 804 g/mol. The van der Waals surface area contributed by atoms with E-state index < -0.39 is 23.8 Å². The Hall–Kier alpha value is -5.78. The van der Waals surface area contributed by atoms with Crippen LogP contribution in [0.5, 0.6) is 5.75 Å². The molecule has 3 fully saturated rings. The van der Waals surface area contributed by atoms with Gasteiger partial charge >= 0.3 is 0 Å². The fourth-order valence-electron chi connectivity index (χ4n) is 9.54. The summed E-state index contributed by atoms with van der Waals surface area (Å²) in [6, 6.07) is 12.5. The van der Waals surface area contributed by atoms with Gasteiger partial charge in [0, 0.05) is 76.5 Å². The number of amides is 1. The molecule has 11 rings (SSSR count). The van der Waals surface area contributed by atoms with Crippen molar-refractivity contribution in [2.75, 3.05) is 57.2 Å². The van der Waals surface area contributed by atoms with Crippen LogP contribution in [0.3, 0.4) is 0 Å². The molecule has 4 aliphatic heterocycles. The Balaban J connectivity index is 1.03. The number of nitrogens with zero attached hydrogens (tertiary/aromatic N) is 10. The van der Waals surface area contributed by atoms with Crippen molar-refractivity contribution in [1.29, 1.82) is 0 Å². The van der Waals surface area contributed by atoms with Gasteiger partial charge in [0.1, 0.15) is 59.0 Å². The molecule has 2 aromatic carbocycles. The van der Waals surface area contributed by atoms with E-state index in [2.05, 4.69) is 10.2 Å². The first-order valence-corrected chi connectivity index (χ1v) is 20.2. The van der Waals surface area contributed by atoms with Crippen molar-refractivity contribution in [3.05, 3.63) is 78.0 Å². The summed E-state index contributed by atoms with van der Waals surface area (Å²) in [4.78, 5) is 41.0. The number of methoxy groups -OCH3 is 1. The number of carbonyl (C=O) groups is 1. The Bertz CT molecular complexity index is 2650. The smallest absolute Gasteiger partial charge is 0.245 e. The van der Waals surface area contributed by atoms with Crippen LogP contribution in [0.4, 0.5) is 20.4 Å². The van der Waals surface area contributed by atoms with Crippen molar-refractivity contribution in [1.82, 2.24) is 44.1 Å². The van der Waals surface area contributed by atoms with Crippen LogP contribution < -0.4 is 15.0 Å². The maximum Gasteiger partial charge on any atom is 0.245 e. The molecule has 17 heteroatoms. The first-order valence-electron chi connectivity index (χ1n) is 20.2. The van der Waals surface area contributed by atoms with E-state index in [0.29, 0.717) is 114 Å². The highest BCUT2D eigenvalue weighted by Crippen LogP contribution is 2.39. The molecule has 15 nitrogen and oxygen atoms in total. The summed E-state index contributed by atoms with van der Waals surface area (Å²) < 4.78 is 52.4. The van der Waals surface area contributed by atoms with Gasteiger partial charge in [0.05, 0.1) is 53.2 Å². The second-order valence-electron chi connectivity index (χ2n) is 16.3. The van der Waals surface area contributed by atoms with Gasteiger partial charge in [-0.3, -0.25) is 9.69 Å². The Morgan fingerprint density at radius 1 is 0.966 bits per heavy atom. The third kappa shape index (κ3) is 6.33. The van der Waals surface area contributed by atoms with Gasteiger partial charge in [-0.05, 0) is 50.1 Å². The first-order chi connectivity index (χ1) is 28.7. The summed E-state index contributed by atoms with van der Waals surface area (Å²) >= 11 is 0. The molecule has 3 unspecified atom stereocenters. The van der Waals surface area contributed by atoms with Gasteiger partial charge in [-0.25, -0.2) is 33.4 Å². The number of benzene rings is 2. The van der Waals surface area contributed by atoms with Crippen LogP contribution >= 0.6 is 0 Å². The number of aryl methyl sites for hydroxylation is 1. The molecule has 8 bridgehead atoms. The topological polar surface area (TPSA) is 141 Å². The zero-order chi connectivity index (χ0) is 40.1. The van der Waals surface area contributed by atoms with Gasteiger partial charge in [0.15, 0.2) is 5.65 Å². The number of hydrogen-bond acceptors (Lipinski definition) is 12. The lowest BCUT2D eigenvalue weighted by atomic mass is 10.1. The highest BCUT2D eigenvalue weighted by molar-refractivity contribution is 5.94. The molecule has 1 saturated carbocycles. The summed E-state index contributed by atoms with van der Waals surface area (Å²) in [7, 11) is 3.43. The van der Waals surface area contributed by atoms with Crippen molar-refractivity contribution in [2.45, 2.75) is 69.2 Å². The van der Waals surface area contributed by atoms with Gasteiger partial charge in [0.2, 0.25) is 5.91 Å². The lowest BCUT2D eigenvalue weighted by molar-refractivity contribution is -0.132. The molecule has 1 amide bonds. The van der Waals surface area contributed by atoms with Crippen molar-refractivity contribution in [3.63, 3.8) is 0 Å². The maximum atomic E-state index is 15.2. The van der Waals surface area contributed by atoms with Crippen LogP contribution in [-0.4, -0.2) is 133 Å². The summed E-state index contributed by atoms with van der Waals surface area (Å²) in [5, 5.41) is 9.03. The minimum atomic E-state index is -0.633. The van der Waals surface area contributed by atoms with Gasteiger partial charge in [-0.2, -0.15) is 5.10 Å². The molecule has 1 aliphatic carbocycles. The standard InChI is InChI=1S/C42H43F2N11O4/c1-22-46-31-12-24(44)11-28-30-5-4-6-37(48-30)47-25-14-34(42(56)51(2)19-27(57-3)21-53(22)39(28)31)54(18-25)40-29-17-45-55-32-8-7-23(43)13-35(32)58-10-9-52-20-26(59-36-16-33(36)52)15-38(49-40)50-41(29)55/h4-8,11-13,17,25-27,33-34,36H,9-10,14-16,18-21H2,1-3H3,(H,47,48)/t25-,26+,27-,33?,34-,36?/m0/s1. The van der Waals surface area contributed by atoms with Crippen molar-refractivity contribution < 1.29 is 27.8 Å². The molecule has 1 N–H and O–H groups in total. The first kappa shape index (κ1) is 36.3. The van der Waals surface area contributed by atoms with E-state index in [-0.39, 0.29) is 30.7 Å². The van der Waals surface area contributed by atoms with E-state index in [1.165, 1.54) is 24.3 Å². The average Bonchev–Trinajstić information content (AvgIpc) is 3.52. The molecule has 0 spiro atoms. The molecule has 7 atom stereocenters.